The molecule has 0 radical (unpaired) electrons. The fraction of sp³-hybridized carbons (Fsp3) is 0.263. The number of likely N-dealkylation sites (N-methyl/N-ethyl adjacent to an activating group) is 1. The molecule has 0 saturated carbocycles. The van der Waals surface area contributed by atoms with Gasteiger partial charge in [-0.2, -0.15) is 0 Å². The van der Waals surface area contributed by atoms with Gasteiger partial charge in [0.15, 0.2) is 0 Å². The lowest BCUT2D eigenvalue weighted by atomic mass is 10.2. The smallest absolute Gasteiger partial charge is 0.273 e. The van der Waals surface area contributed by atoms with Crippen LogP contribution in [0.4, 0.5) is 0 Å². The highest BCUT2D eigenvalue weighted by Gasteiger charge is 2.20. The van der Waals surface area contributed by atoms with Gasteiger partial charge in [-0.25, -0.2) is 4.98 Å². The molecule has 3 rings (SSSR count). The third-order valence-corrected chi connectivity index (χ3v) is 5.66. The number of hydrogen-bond acceptors (Lipinski definition) is 5. The summed E-state index contributed by atoms with van der Waals surface area (Å²) in [6.45, 7) is 2.09. The van der Waals surface area contributed by atoms with Gasteiger partial charge in [0.2, 0.25) is 0 Å². The van der Waals surface area contributed by atoms with E-state index >= 15 is 0 Å². The Hall–Kier alpha value is -2.02. The predicted molar refractivity (Wildman–Crippen MR) is 105 cm³/mol. The van der Waals surface area contributed by atoms with E-state index in [0.717, 1.165) is 22.0 Å². The van der Waals surface area contributed by atoms with Gasteiger partial charge in [-0.1, -0.05) is 36.4 Å². The van der Waals surface area contributed by atoms with E-state index in [0.29, 0.717) is 18.8 Å². The predicted octanol–water partition coefficient (Wildman–Crippen LogP) is 4.08. The maximum atomic E-state index is 13.0. The molecule has 6 heteroatoms. The van der Waals surface area contributed by atoms with E-state index in [1.165, 1.54) is 11.3 Å². The standard InChI is InChI=1S/C19H21N3OS2/c1-21(2)10-11-22(13-15-7-4-3-5-8-15)19(23)16-14-25-18(20-16)17-9-6-12-24-17/h3-9,12,14H,10-11,13H2,1-2H3. The van der Waals surface area contributed by atoms with Gasteiger partial charge >= 0.3 is 0 Å². The quantitative estimate of drug-likeness (QED) is 0.628. The fourth-order valence-electron chi connectivity index (χ4n) is 2.42. The number of hydrogen-bond donors (Lipinski definition) is 0. The molecule has 4 nitrogen and oxygen atoms in total. The summed E-state index contributed by atoms with van der Waals surface area (Å²) in [6.07, 6.45) is 0. The van der Waals surface area contributed by atoms with Gasteiger partial charge in [0, 0.05) is 25.0 Å². The first kappa shape index (κ1) is 17.8. The normalized spacial score (nSPS) is 11.0. The third kappa shape index (κ3) is 4.75. The molecule has 3 aromatic rings. The molecule has 25 heavy (non-hydrogen) atoms. The summed E-state index contributed by atoms with van der Waals surface area (Å²) in [5.74, 6) is -0.00948. The van der Waals surface area contributed by atoms with Crippen molar-refractivity contribution in [2.24, 2.45) is 0 Å². The summed E-state index contributed by atoms with van der Waals surface area (Å²) >= 11 is 3.17. The zero-order valence-electron chi connectivity index (χ0n) is 14.4. The van der Waals surface area contributed by atoms with Crippen molar-refractivity contribution in [2.75, 3.05) is 27.2 Å². The van der Waals surface area contributed by atoms with Crippen molar-refractivity contribution in [3.05, 3.63) is 64.5 Å². The van der Waals surface area contributed by atoms with Gasteiger partial charge in [-0.05, 0) is 31.1 Å². The lowest BCUT2D eigenvalue weighted by molar-refractivity contribution is 0.0727. The minimum Gasteiger partial charge on any atom is -0.332 e. The Balaban J connectivity index is 1.78. The molecule has 0 aliphatic heterocycles. The Morgan fingerprint density at radius 1 is 1.04 bits per heavy atom. The summed E-state index contributed by atoms with van der Waals surface area (Å²) in [6, 6.07) is 14.1. The molecule has 0 bridgehead atoms. The van der Waals surface area contributed by atoms with E-state index in [1.54, 1.807) is 11.3 Å². The SMILES string of the molecule is CN(C)CCN(Cc1ccccc1)C(=O)c1csc(-c2cccs2)n1. The van der Waals surface area contributed by atoms with Crippen molar-refractivity contribution >= 4 is 28.6 Å². The molecule has 0 spiro atoms. The second-order valence-electron chi connectivity index (χ2n) is 6.03. The average molecular weight is 372 g/mol. The van der Waals surface area contributed by atoms with Crippen LogP contribution in [0.2, 0.25) is 0 Å². The lowest BCUT2D eigenvalue weighted by Crippen LogP contribution is -2.36. The topological polar surface area (TPSA) is 36.4 Å². The summed E-state index contributed by atoms with van der Waals surface area (Å²) in [5, 5.41) is 4.80. The lowest BCUT2D eigenvalue weighted by Gasteiger charge is -2.24. The molecule has 0 aliphatic rings. The van der Waals surface area contributed by atoms with Gasteiger partial charge < -0.3 is 9.80 Å². The molecule has 1 amide bonds. The molecule has 0 fully saturated rings. The van der Waals surface area contributed by atoms with E-state index < -0.39 is 0 Å². The Labute approximate surface area is 156 Å². The van der Waals surface area contributed by atoms with Crippen LogP contribution in [0.1, 0.15) is 16.1 Å². The van der Waals surface area contributed by atoms with Crippen molar-refractivity contribution < 1.29 is 4.79 Å². The van der Waals surface area contributed by atoms with E-state index in [1.807, 2.05) is 72.2 Å². The minimum absolute atomic E-state index is 0.00948. The van der Waals surface area contributed by atoms with Gasteiger partial charge in [-0.15, -0.1) is 22.7 Å². The minimum atomic E-state index is -0.00948. The molecule has 1 aromatic carbocycles. The number of thiophene rings is 1. The molecular formula is C19H21N3OS2. The van der Waals surface area contributed by atoms with Crippen LogP contribution in [-0.4, -0.2) is 47.9 Å². The van der Waals surface area contributed by atoms with Crippen LogP contribution >= 0.6 is 22.7 Å². The number of aromatic nitrogens is 1. The number of carbonyl (C=O) groups excluding carboxylic acids is 1. The van der Waals surface area contributed by atoms with E-state index in [-0.39, 0.29) is 5.91 Å². The van der Waals surface area contributed by atoms with Crippen LogP contribution in [0.3, 0.4) is 0 Å². The molecule has 130 valence electrons. The fourth-order valence-corrected chi connectivity index (χ4v) is 4.03. The highest BCUT2D eigenvalue weighted by atomic mass is 32.1. The number of carbonyl (C=O) groups is 1. The largest absolute Gasteiger partial charge is 0.332 e. The molecule has 0 aliphatic carbocycles. The third-order valence-electron chi connectivity index (χ3n) is 3.78. The van der Waals surface area contributed by atoms with Crippen molar-refractivity contribution in [2.45, 2.75) is 6.54 Å². The number of thiazole rings is 1. The summed E-state index contributed by atoms with van der Waals surface area (Å²) in [5.41, 5.74) is 1.66. The number of nitrogens with zero attached hydrogens (tertiary/aromatic N) is 3. The Morgan fingerprint density at radius 3 is 2.52 bits per heavy atom. The first-order chi connectivity index (χ1) is 12.1. The van der Waals surface area contributed by atoms with Crippen molar-refractivity contribution in [1.29, 1.82) is 0 Å². The summed E-state index contributed by atoms with van der Waals surface area (Å²) in [7, 11) is 4.03. The van der Waals surface area contributed by atoms with Crippen molar-refractivity contribution in [3.63, 3.8) is 0 Å². The summed E-state index contributed by atoms with van der Waals surface area (Å²) < 4.78 is 0. The molecule has 2 aromatic heterocycles. The van der Waals surface area contributed by atoms with E-state index in [4.69, 9.17) is 0 Å². The van der Waals surface area contributed by atoms with Gasteiger partial charge in [0.25, 0.3) is 5.91 Å². The Bertz CT molecular complexity index is 797. The van der Waals surface area contributed by atoms with E-state index in [9.17, 15) is 4.79 Å². The van der Waals surface area contributed by atoms with Crippen LogP contribution in [0.25, 0.3) is 9.88 Å². The van der Waals surface area contributed by atoms with Crippen molar-refractivity contribution in [3.8, 4) is 9.88 Å². The zero-order valence-corrected chi connectivity index (χ0v) is 16.0. The highest BCUT2D eigenvalue weighted by molar-refractivity contribution is 7.20. The summed E-state index contributed by atoms with van der Waals surface area (Å²) in [4.78, 5) is 22.6. The Kier molecular flexibility index (Phi) is 5.96. The first-order valence-corrected chi connectivity index (χ1v) is 9.87. The maximum absolute atomic E-state index is 13.0. The monoisotopic (exact) mass is 371 g/mol. The van der Waals surface area contributed by atoms with Crippen LogP contribution < -0.4 is 0 Å². The molecule has 0 atom stereocenters. The van der Waals surface area contributed by atoms with Crippen LogP contribution in [0.5, 0.6) is 0 Å². The number of benzene rings is 1. The number of amides is 1. The van der Waals surface area contributed by atoms with Crippen LogP contribution in [0.15, 0.2) is 53.2 Å². The first-order valence-electron chi connectivity index (χ1n) is 8.11. The van der Waals surface area contributed by atoms with Gasteiger partial charge in [0.05, 0.1) is 4.88 Å². The molecule has 0 saturated heterocycles. The Morgan fingerprint density at radius 2 is 1.84 bits per heavy atom. The molecule has 0 unspecified atom stereocenters. The maximum Gasteiger partial charge on any atom is 0.273 e. The molecular weight excluding hydrogens is 350 g/mol. The van der Waals surface area contributed by atoms with Gasteiger partial charge in [-0.3, -0.25) is 4.79 Å². The second kappa shape index (κ2) is 8.38. The van der Waals surface area contributed by atoms with Crippen LogP contribution in [-0.2, 0) is 6.54 Å². The van der Waals surface area contributed by atoms with Crippen molar-refractivity contribution in [1.82, 2.24) is 14.8 Å². The van der Waals surface area contributed by atoms with E-state index in [2.05, 4.69) is 9.88 Å². The second-order valence-corrected chi connectivity index (χ2v) is 7.84. The molecule has 0 N–H and O–H groups in total. The number of rotatable bonds is 7. The van der Waals surface area contributed by atoms with Crippen LogP contribution in [0, 0.1) is 0 Å². The van der Waals surface area contributed by atoms with Gasteiger partial charge in [0.1, 0.15) is 10.7 Å². The zero-order chi connectivity index (χ0) is 17.6. The average Bonchev–Trinajstić information content (AvgIpc) is 3.29. The molecule has 2 heterocycles. The highest BCUT2D eigenvalue weighted by Crippen LogP contribution is 2.28.